The summed E-state index contributed by atoms with van der Waals surface area (Å²) in [6, 6.07) is 8.78. The lowest BCUT2D eigenvalue weighted by Crippen LogP contribution is -2.22. The van der Waals surface area contributed by atoms with Gasteiger partial charge >= 0.3 is 0 Å². The van der Waals surface area contributed by atoms with Crippen LogP contribution in [0.3, 0.4) is 0 Å². The highest BCUT2D eigenvalue weighted by Crippen LogP contribution is 2.34. The van der Waals surface area contributed by atoms with E-state index in [0.717, 1.165) is 29.4 Å². The molecule has 1 aromatic carbocycles. The van der Waals surface area contributed by atoms with Crippen molar-refractivity contribution in [3.8, 4) is 0 Å². The molecule has 2 aromatic rings. The summed E-state index contributed by atoms with van der Waals surface area (Å²) in [5.74, 6) is 0.990. The molecule has 4 nitrogen and oxygen atoms in total. The number of nitrogens with zero attached hydrogens (tertiary/aromatic N) is 3. The van der Waals surface area contributed by atoms with Gasteiger partial charge in [-0.25, -0.2) is 4.68 Å². The molecule has 0 fully saturated rings. The molecule has 0 radical (unpaired) electrons. The van der Waals surface area contributed by atoms with Crippen LogP contribution in [0.25, 0.3) is 0 Å². The Labute approximate surface area is 121 Å². The third-order valence-electron chi connectivity index (χ3n) is 3.51. The summed E-state index contributed by atoms with van der Waals surface area (Å²) >= 11 is 0. The molecule has 0 unspecified atom stereocenters. The number of anilines is 3. The number of hydrogen-bond acceptors (Lipinski definition) is 3. The van der Waals surface area contributed by atoms with Crippen molar-refractivity contribution in [1.29, 1.82) is 0 Å². The van der Waals surface area contributed by atoms with Crippen molar-refractivity contribution < 1.29 is 0 Å². The van der Waals surface area contributed by atoms with E-state index in [9.17, 15) is 0 Å². The third-order valence-corrected chi connectivity index (χ3v) is 3.51. The second-order valence-corrected chi connectivity index (χ2v) is 5.44. The van der Waals surface area contributed by atoms with Gasteiger partial charge in [0.2, 0.25) is 0 Å². The van der Waals surface area contributed by atoms with E-state index in [4.69, 9.17) is 5.73 Å². The molecule has 0 saturated carbocycles. The van der Waals surface area contributed by atoms with Crippen molar-refractivity contribution in [1.82, 2.24) is 9.78 Å². The lowest BCUT2D eigenvalue weighted by Gasteiger charge is -2.26. The number of nitrogens with two attached hydrogens (primary N) is 1. The van der Waals surface area contributed by atoms with E-state index < -0.39 is 0 Å². The first kappa shape index (κ1) is 14.4. The summed E-state index contributed by atoms with van der Waals surface area (Å²) in [4.78, 5) is 2.22. The van der Waals surface area contributed by atoms with Crippen LogP contribution in [0.4, 0.5) is 17.2 Å². The summed E-state index contributed by atoms with van der Waals surface area (Å²) in [6.07, 6.45) is 0. The molecule has 0 aliphatic carbocycles. The Morgan fingerprint density at radius 1 is 1.20 bits per heavy atom. The van der Waals surface area contributed by atoms with Gasteiger partial charge < -0.3 is 10.6 Å². The third kappa shape index (κ3) is 2.50. The van der Waals surface area contributed by atoms with Gasteiger partial charge in [-0.2, -0.15) is 5.10 Å². The summed E-state index contributed by atoms with van der Waals surface area (Å²) in [5, 5.41) is 4.57. The predicted molar refractivity (Wildman–Crippen MR) is 85.6 cm³/mol. The minimum atomic E-state index is 0.278. The molecule has 1 heterocycles. The largest absolute Gasteiger partial charge is 0.394 e. The topological polar surface area (TPSA) is 47.1 Å². The van der Waals surface area contributed by atoms with Crippen LogP contribution >= 0.6 is 0 Å². The van der Waals surface area contributed by atoms with Crippen molar-refractivity contribution in [2.45, 2.75) is 40.7 Å². The van der Waals surface area contributed by atoms with E-state index in [1.807, 2.05) is 11.6 Å². The number of aromatic nitrogens is 2. The second kappa shape index (κ2) is 5.57. The van der Waals surface area contributed by atoms with Gasteiger partial charge in [0, 0.05) is 18.3 Å². The van der Waals surface area contributed by atoms with E-state index in [0.29, 0.717) is 0 Å². The van der Waals surface area contributed by atoms with E-state index in [1.165, 1.54) is 5.56 Å². The molecule has 108 valence electrons. The molecule has 0 aliphatic rings. The Hall–Kier alpha value is -1.97. The number of benzene rings is 1. The minimum Gasteiger partial charge on any atom is -0.394 e. The lowest BCUT2D eigenvalue weighted by atomic mass is 10.2. The SMILES string of the molecule is CCN(c1ccc(C)cc1)c1c(N)c(C)nn1C(C)C. The van der Waals surface area contributed by atoms with Crippen molar-refractivity contribution in [2.24, 2.45) is 0 Å². The fraction of sp³-hybridized carbons (Fsp3) is 0.438. The molecular formula is C16H24N4. The summed E-state index contributed by atoms with van der Waals surface area (Å²) in [6.45, 7) is 11.3. The van der Waals surface area contributed by atoms with Gasteiger partial charge in [-0.05, 0) is 46.8 Å². The number of rotatable bonds is 4. The molecule has 0 bridgehead atoms. The van der Waals surface area contributed by atoms with E-state index in [-0.39, 0.29) is 6.04 Å². The number of hydrogen-bond donors (Lipinski definition) is 1. The van der Waals surface area contributed by atoms with Crippen molar-refractivity contribution in [3.05, 3.63) is 35.5 Å². The fourth-order valence-corrected chi connectivity index (χ4v) is 2.36. The van der Waals surface area contributed by atoms with Crippen LogP contribution < -0.4 is 10.6 Å². The van der Waals surface area contributed by atoms with Gasteiger partial charge in [0.05, 0.1) is 11.4 Å². The second-order valence-electron chi connectivity index (χ2n) is 5.44. The molecule has 0 aliphatic heterocycles. The predicted octanol–water partition coefficient (Wildman–Crippen LogP) is 3.82. The van der Waals surface area contributed by atoms with E-state index >= 15 is 0 Å². The minimum absolute atomic E-state index is 0.278. The maximum atomic E-state index is 6.26. The van der Waals surface area contributed by atoms with Crippen molar-refractivity contribution in [3.63, 3.8) is 0 Å². The highest BCUT2D eigenvalue weighted by atomic mass is 15.4. The molecule has 20 heavy (non-hydrogen) atoms. The maximum Gasteiger partial charge on any atom is 0.155 e. The van der Waals surface area contributed by atoms with Gasteiger partial charge in [-0.15, -0.1) is 0 Å². The molecule has 0 amide bonds. The van der Waals surface area contributed by atoms with Crippen LogP contribution in [0.5, 0.6) is 0 Å². The van der Waals surface area contributed by atoms with Gasteiger partial charge in [-0.1, -0.05) is 17.7 Å². The van der Waals surface area contributed by atoms with E-state index in [1.54, 1.807) is 0 Å². The summed E-state index contributed by atoms with van der Waals surface area (Å²) in [7, 11) is 0. The van der Waals surface area contributed by atoms with E-state index in [2.05, 4.69) is 62.0 Å². The monoisotopic (exact) mass is 272 g/mol. The Kier molecular flexibility index (Phi) is 4.02. The van der Waals surface area contributed by atoms with Crippen LogP contribution in [0.1, 0.15) is 38.1 Å². The van der Waals surface area contributed by atoms with Crippen LogP contribution in [0.2, 0.25) is 0 Å². The first-order valence-corrected chi connectivity index (χ1v) is 7.14. The Bertz CT molecular complexity index is 581. The first-order chi connectivity index (χ1) is 9.45. The quantitative estimate of drug-likeness (QED) is 0.920. The standard InChI is InChI=1S/C16H24N4/c1-6-19(14-9-7-12(4)8-10-14)16-15(17)13(5)18-20(16)11(2)3/h7-11H,6,17H2,1-5H3. The number of nitrogen functional groups attached to an aromatic ring is 1. The van der Waals surface area contributed by atoms with Crippen LogP contribution in [-0.4, -0.2) is 16.3 Å². The van der Waals surface area contributed by atoms with Crippen molar-refractivity contribution in [2.75, 3.05) is 17.2 Å². The zero-order valence-electron chi connectivity index (χ0n) is 13.0. The smallest absolute Gasteiger partial charge is 0.155 e. The molecule has 0 saturated heterocycles. The normalized spacial score (nSPS) is 11.1. The average molecular weight is 272 g/mol. The zero-order chi connectivity index (χ0) is 14.9. The highest BCUT2D eigenvalue weighted by Gasteiger charge is 2.20. The first-order valence-electron chi connectivity index (χ1n) is 7.14. The summed E-state index contributed by atoms with van der Waals surface area (Å²) < 4.78 is 2.01. The van der Waals surface area contributed by atoms with Crippen LogP contribution in [-0.2, 0) is 0 Å². The van der Waals surface area contributed by atoms with Gasteiger partial charge in [0.15, 0.2) is 5.82 Å². The Balaban J connectivity index is 2.54. The van der Waals surface area contributed by atoms with Gasteiger partial charge in [-0.3, -0.25) is 0 Å². The van der Waals surface area contributed by atoms with Crippen LogP contribution in [0, 0.1) is 13.8 Å². The van der Waals surface area contributed by atoms with Gasteiger partial charge in [0.25, 0.3) is 0 Å². The van der Waals surface area contributed by atoms with Crippen molar-refractivity contribution >= 4 is 17.2 Å². The molecule has 0 spiro atoms. The molecule has 4 heteroatoms. The molecule has 2 rings (SSSR count). The summed E-state index contributed by atoms with van der Waals surface area (Å²) in [5.41, 5.74) is 10.3. The zero-order valence-corrected chi connectivity index (χ0v) is 13.0. The van der Waals surface area contributed by atoms with Crippen LogP contribution in [0.15, 0.2) is 24.3 Å². The molecule has 2 N–H and O–H groups in total. The molecule has 1 aromatic heterocycles. The Morgan fingerprint density at radius 3 is 2.30 bits per heavy atom. The number of aryl methyl sites for hydroxylation is 2. The molecular weight excluding hydrogens is 248 g/mol. The molecule has 0 atom stereocenters. The highest BCUT2D eigenvalue weighted by molar-refractivity contribution is 5.73. The average Bonchev–Trinajstić information content (AvgIpc) is 2.70. The Morgan fingerprint density at radius 2 is 1.80 bits per heavy atom. The maximum absolute atomic E-state index is 6.26. The lowest BCUT2D eigenvalue weighted by molar-refractivity contribution is 0.529. The fourth-order valence-electron chi connectivity index (χ4n) is 2.36. The van der Waals surface area contributed by atoms with Gasteiger partial charge in [0.1, 0.15) is 0 Å².